The first-order valence-corrected chi connectivity index (χ1v) is 3.91. The Morgan fingerprint density at radius 1 is 1.46 bits per heavy atom. The van der Waals surface area contributed by atoms with Crippen molar-refractivity contribution in [2.24, 2.45) is 5.73 Å². The molecule has 3 heteroatoms. The molecule has 0 aliphatic carbocycles. The number of nitrogens with two attached hydrogens (primary N) is 1. The second-order valence-electron chi connectivity index (χ2n) is 2.97. The maximum Gasteiger partial charge on any atom is 0.0994 e. The van der Waals surface area contributed by atoms with Gasteiger partial charge in [-0.25, -0.2) is 0 Å². The van der Waals surface area contributed by atoms with Gasteiger partial charge in [0, 0.05) is 6.04 Å². The Bertz CT molecular complexity index is 326. The van der Waals surface area contributed by atoms with Crippen LogP contribution in [0.25, 0.3) is 0 Å². The summed E-state index contributed by atoms with van der Waals surface area (Å²) in [6, 6.07) is 7.83. The van der Waals surface area contributed by atoms with Crippen LogP contribution in [0.1, 0.15) is 29.7 Å². The van der Waals surface area contributed by atoms with Crippen LogP contribution in [0, 0.1) is 18.3 Å². The van der Waals surface area contributed by atoms with Gasteiger partial charge in [-0.15, -0.1) is 12.4 Å². The monoisotopic (exact) mass is 196 g/mol. The largest absolute Gasteiger partial charge is 0.324 e. The molecule has 0 heterocycles. The molecule has 1 aromatic carbocycles. The van der Waals surface area contributed by atoms with Crippen LogP contribution in [0.4, 0.5) is 0 Å². The van der Waals surface area contributed by atoms with Crippen molar-refractivity contribution in [1.29, 1.82) is 5.26 Å². The average molecular weight is 197 g/mol. The Hall–Kier alpha value is -1.04. The van der Waals surface area contributed by atoms with Crippen molar-refractivity contribution in [3.8, 4) is 6.07 Å². The smallest absolute Gasteiger partial charge is 0.0994 e. The van der Waals surface area contributed by atoms with Crippen molar-refractivity contribution >= 4 is 12.4 Å². The van der Waals surface area contributed by atoms with Gasteiger partial charge in [0.1, 0.15) is 0 Å². The topological polar surface area (TPSA) is 49.8 Å². The van der Waals surface area contributed by atoms with Crippen LogP contribution in [-0.4, -0.2) is 0 Å². The first-order valence-electron chi connectivity index (χ1n) is 3.91. The zero-order chi connectivity index (χ0) is 9.14. The molecule has 1 aromatic rings. The lowest BCUT2D eigenvalue weighted by molar-refractivity contribution is 0.816. The van der Waals surface area contributed by atoms with Gasteiger partial charge in [-0.3, -0.25) is 0 Å². The number of hydrogen-bond acceptors (Lipinski definition) is 2. The minimum absolute atomic E-state index is 0. The van der Waals surface area contributed by atoms with Crippen molar-refractivity contribution in [1.82, 2.24) is 0 Å². The minimum Gasteiger partial charge on any atom is -0.324 e. The van der Waals surface area contributed by atoms with Crippen molar-refractivity contribution in [3.63, 3.8) is 0 Å². The predicted octanol–water partition coefficient (Wildman–Crippen LogP) is 2.31. The number of nitrogens with zero attached hydrogens (tertiary/aromatic N) is 1. The van der Waals surface area contributed by atoms with Crippen LogP contribution in [-0.2, 0) is 0 Å². The fourth-order valence-electron chi connectivity index (χ4n) is 1.10. The SMILES string of the molecule is Cc1cc(C(C)N)ccc1C#N.Cl. The molecule has 2 nitrogen and oxygen atoms in total. The van der Waals surface area contributed by atoms with Gasteiger partial charge in [0.25, 0.3) is 0 Å². The van der Waals surface area contributed by atoms with Gasteiger partial charge in [0.15, 0.2) is 0 Å². The van der Waals surface area contributed by atoms with E-state index in [0.717, 1.165) is 16.7 Å². The third-order valence-corrected chi connectivity index (χ3v) is 1.90. The Labute approximate surface area is 84.8 Å². The standard InChI is InChI=1S/C10H12N2.ClH/c1-7-5-9(8(2)12)3-4-10(7)6-11;/h3-5,8H,12H2,1-2H3;1H. The number of hydrogen-bond donors (Lipinski definition) is 1. The molecule has 0 radical (unpaired) electrons. The highest BCUT2D eigenvalue weighted by atomic mass is 35.5. The Morgan fingerprint density at radius 2 is 2.08 bits per heavy atom. The lowest BCUT2D eigenvalue weighted by Gasteiger charge is -2.06. The molecule has 0 saturated heterocycles. The fraction of sp³-hybridized carbons (Fsp3) is 0.300. The number of rotatable bonds is 1. The van der Waals surface area contributed by atoms with Crippen LogP contribution in [0.15, 0.2) is 18.2 Å². The average Bonchev–Trinajstić information content (AvgIpc) is 2.04. The zero-order valence-corrected chi connectivity index (χ0v) is 8.56. The van der Waals surface area contributed by atoms with E-state index in [1.165, 1.54) is 0 Å². The molecule has 0 saturated carbocycles. The maximum atomic E-state index is 8.67. The summed E-state index contributed by atoms with van der Waals surface area (Å²) >= 11 is 0. The summed E-state index contributed by atoms with van der Waals surface area (Å²) in [7, 11) is 0. The zero-order valence-electron chi connectivity index (χ0n) is 7.74. The van der Waals surface area contributed by atoms with E-state index in [2.05, 4.69) is 6.07 Å². The third-order valence-electron chi connectivity index (χ3n) is 1.90. The molecule has 1 rings (SSSR count). The third kappa shape index (κ3) is 2.73. The van der Waals surface area contributed by atoms with Crippen molar-refractivity contribution in [2.45, 2.75) is 19.9 Å². The fourth-order valence-corrected chi connectivity index (χ4v) is 1.10. The van der Waals surface area contributed by atoms with Gasteiger partial charge in [0.05, 0.1) is 11.6 Å². The molecule has 2 N–H and O–H groups in total. The van der Waals surface area contributed by atoms with E-state index in [-0.39, 0.29) is 18.4 Å². The second kappa shape index (κ2) is 4.86. The van der Waals surface area contributed by atoms with Crippen molar-refractivity contribution in [2.75, 3.05) is 0 Å². The first kappa shape index (κ1) is 12.0. The molecule has 0 fully saturated rings. The van der Waals surface area contributed by atoms with Crippen LogP contribution in [0.2, 0.25) is 0 Å². The summed E-state index contributed by atoms with van der Waals surface area (Å²) in [5.74, 6) is 0. The molecule has 0 aliphatic heterocycles. The first-order chi connectivity index (χ1) is 5.65. The highest BCUT2D eigenvalue weighted by molar-refractivity contribution is 5.85. The van der Waals surface area contributed by atoms with Gasteiger partial charge < -0.3 is 5.73 Å². The molecule has 0 amide bonds. The van der Waals surface area contributed by atoms with Crippen LogP contribution in [0.3, 0.4) is 0 Å². The summed E-state index contributed by atoms with van der Waals surface area (Å²) < 4.78 is 0. The van der Waals surface area contributed by atoms with E-state index in [0.29, 0.717) is 0 Å². The maximum absolute atomic E-state index is 8.67. The molecule has 1 unspecified atom stereocenters. The summed E-state index contributed by atoms with van der Waals surface area (Å²) in [5, 5.41) is 8.67. The number of aryl methyl sites for hydroxylation is 1. The summed E-state index contributed by atoms with van der Waals surface area (Å²) in [6.45, 7) is 3.85. The molecule has 0 aliphatic rings. The van der Waals surface area contributed by atoms with Crippen LogP contribution < -0.4 is 5.73 Å². The highest BCUT2D eigenvalue weighted by Gasteiger charge is 2.01. The molecular weight excluding hydrogens is 184 g/mol. The molecule has 70 valence electrons. The van der Waals surface area contributed by atoms with Crippen molar-refractivity contribution < 1.29 is 0 Å². The Balaban J connectivity index is 0.00000144. The molecule has 0 aromatic heterocycles. The van der Waals surface area contributed by atoms with E-state index < -0.39 is 0 Å². The van der Waals surface area contributed by atoms with E-state index in [9.17, 15) is 0 Å². The lowest BCUT2D eigenvalue weighted by atomic mass is 10.0. The van der Waals surface area contributed by atoms with Crippen LogP contribution in [0.5, 0.6) is 0 Å². The quantitative estimate of drug-likeness (QED) is 0.750. The van der Waals surface area contributed by atoms with Gasteiger partial charge in [-0.1, -0.05) is 12.1 Å². The van der Waals surface area contributed by atoms with E-state index >= 15 is 0 Å². The number of benzene rings is 1. The highest BCUT2D eigenvalue weighted by Crippen LogP contribution is 2.14. The van der Waals surface area contributed by atoms with E-state index in [1.54, 1.807) is 0 Å². The Kier molecular flexibility index (Phi) is 4.47. The predicted molar refractivity (Wildman–Crippen MR) is 55.7 cm³/mol. The van der Waals surface area contributed by atoms with E-state index in [4.69, 9.17) is 11.0 Å². The molecule has 1 atom stereocenters. The van der Waals surface area contributed by atoms with Crippen LogP contribution >= 0.6 is 12.4 Å². The van der Waals surface area contributed by atoms with Gasteiger partial charge >= 0.3 is 0 Å². The Morgan fingerprint density at radius 3 is 2.46 bits per heavy atom. The minimum atomic E-state index is 0. The molecule has 13 heavy (non-hydrogen) atoms. The second-order valence-corrected chi connectivity index (χ2v) is 2.97. The van der Waals surface area contributed by atoms with Gasteiger partial charge in [-0.2, -0.15) is 5.26 Å². The summed E-state index contributed by atoms with van der Waals surface area (Å²) in [6.07, 6.45) is 0. The normalized spacial score (nSPS) is 11.2. The van der Waals surface area contributed by atoms with E-state index in [1.807, 2.05) is 32.0 Å². The van der Waals surface area contributed by atoms with Gasteiger partial charge in [0.2, 0.25) is 0 Å². The summed E-state index contributed by atoms with van der Waals surface area (Å²) in [4.78, 5) is 0. The van der Waals surface area contributed by atoms with Crippen molar-refractivity contribution in [3.05, 3.63) is 34.9 Å². The lowest BCUT2D eigenvalue weighted by Crippen LogP contribution is -2.05. The van der Waals surface area contributed by atoms with Gasteiger partial charge in [-0.05, 0) is 31.0 Å². The molecule has 0 bridgehead atoms. The molecule has 0 spiro atoms. The summed E-state index contributed by atoms with van der Waals surface area (Å²) in [5.41, 5.74) is 8.48. The number of nitriles is 1. The number of halogens is 1. The molecular formula is C10H13ClN2.